The van der Waals surface area contributed by atoms with Gasteiger partial charge >= 0.3 is 7.94 Å². The highest BCUT2D eigenvalue weighted by Gasteiger charge is 2.41. The van der Waals surface area contributed by atoms with Crippen molar-refractivity contribution in [2.75, 3.05) is 0 Å². The molecule has 0 bridgehead atoms. The molecular weight excluding hydrogens is 379 g/mol. The zero-order valence-corrected chi connectivity index (χ0v) is 20.9. The molecule has 0 saturated carbocycles. The Labute approximate surface area is 180 Å². The lowest BCUT2D eigenvalue weighted by Crippen LogP contribution is -2.24. The minimum absolute atomic E-state index is 0.351. The number of rotatable bonds is 13. The highest BCUT2D eigenvalue weighted by Crippen LogP contribution is 2.49. The van der Waals surface area contributed by atoms with Crippen LogP contribution in [-0.4, -0.2) is 14.7 Å². The predicted octanol–water partition coefficient (Wildman–Crippen LogP) is 7.12. The van der Waals surface area contributed by atoms with E-state index < -0.39 is 7.94 Å². The van der Waals surface area contributed by atoms with Crippen LogP contribution in [-0.2, 0) is 0 Å². The van der Waals surface area contributed by atoms with Gasteiger partial charge in [-0.25, -0.2) is 0 Å². The van der Waals surface area contributed by atoms with Gasteiger partial charge in [0.1, 0.15) is 0 Å². The van der Waals surface area contributed by atoms with Crippen LogP contribution in [0.15, 0.2) is 0 Å². The molecule has 0 aliphatic rings. The second-order valence-corrected chi connectivity index (χ2v) is 10.7. The van der Waals surface area contributed by atoms with Crippen molar-refractivity contribution in [1.82, 2.24) is 0 Å². The van der Waals surface area contributed by atoms with Gasteiger partial charge in [-0.05, 0) is 62.1 Å². The molecule has 0 fully saturated rings. The van der Waals surface area contributed by atoms with E-state index >= 15 is 0 Å². The molecule has 168 valence electrons. The van der Waals surface area contributed by atoms with Crippen LogP contribution in [0.4, 0.5) is 0 Å². The van der Waals surface area contributed by atoms with Gasteiger partial charge in [0.25, 0.3) is 0 Å². The van der Waals surface area contributed by atoms with Gasteiger partial charge in [-0.1, -0.05) is 79.1 Å². The first-order valence-electron chi connectivity index (χ1n) is 11.8. The highest BCUT2D eigenvalue weighted by molar-refractivity contribution is 7.67. The van der Waals surface area contributed by atoms with Gasteiger partial charge in [-0.3, -0.25) is 0 Å². The smallest absolute Gasteiger partial charge is 0.189 e. The van der Waals surface area contributed by atoms with Crippen LogP contribution in [0.3, 0.4) is 0 Å². The highest BCUT2D eigenvalue weighted by atomic mass is 31.2. The molecule has 0 radical (unpaired) electrons. The molecule has 29 heavy (non-hydrogen) atoms. The third-order valence-corrected chi connectivity index (χ3v) is 7.86. The molecule has 0 saturated heterocycles. The second kappa shape index (κ2) is 12.4. The van der Waals surface area contributed by atoms with Crippen molar-refractivity contribution < 1.29 is 14.7 Å². The first-order valence-corrected chi connectivity index (χ1v) is 13.4. The molecule has 2 atom stereocenters. The fourth-order valence-electron chi connectivity index (χ4n) is 5.22. The van der Waals surface area contributed by atoms with E-state index in [0.717, 1.165) is 24.0 Å². The fourth-order valence-corrected chi connectivity index (χ4v) is 6.36. The van der Waals surface area contributed by atoms with Gasteiger partial charge in [0.2, 0.25) is 0 Å². The van der Waals surface area contributed by atoms with Gasteiger partial charge in [-0.15, -0.1) is 0 Å². The average Bonchev–Trinajstić information content (AvgIpc) is 2.61. The quantitative estimate of drug-likeness (QED) is 0.233. The maximum Gasteiger partial charge on any atom is 0.441 e. The Morgan fingerprint density at radius 2 is 1.00 bits per heavy atom. The molecule has 3 nitrogen and oxygen atoms in total. The molecule has 1 aromatic carbocycles. The minimum atomic E-state index is -4.07. The lowest BCUT2D eigenvalue weighted by Gasteiger charge is -2.27. The Morgan fingerprint density at radius 1 is 0.621 bits per heavy atom. The van der Waals surface area contributed by atoms with Crippen LogP contribution >= 0.6 is 7.94 Å². The van der Waals surface area contributed by atoms with Gasteiger partial charge in [0.15, 0.2) is 5.30 Å². The molecule has 0 heterocycles. The first kappa shape index (κ1) is 26.6. The molecule has 0 aliphatic carbocycles. The van der Waals surface area contributed by atoms with Crippen LogP contribution in [0, 0.1) is 20.8 Å². The third kappa shape index (κ3) is 7.31. The van der Waals surface area contributed by atoms with Crippen LogP contribution in [0.25, 0.3) is 0 Å². The average molecular weight is 426 g/mol. The number of benzene rings is 1. The molecule has 0 spiro atoms. The Bertz CT molecular complexity index is 589. The molecule has 1 rings (SSSR count). The topological polar surface area (TPSA) is 60.7 Å². The van der Waals surface area contributed by atoms with Crippen molar-refractivity contribution in [1.29, 1.82) is 0 Å². The lowest BCUT2D eigenvalue weighted by atomic mass is 9.80. The largest absolute Gasteiger partial charge is 0.441 e. The summed E-state index contributed by atoms with van der Waals surface area (Å²) in [5, 5.41) is 0.397. The van der Waals surface area contributed by atoms with E-state index in [1.54, 1.807) is 0 Å². The van der Waals surface area contributed by atoms with Crippen molar-refractivity contribution in [3.05, 3.63) is 27.8 Å². The first-order chi connectivity index (χ1) is 13.6. The van der Waals surface area contributed by atoms with Crippen LogP contribution in [0.5, 0.6) is 0 Å². The summed E-state index contributed by atoms with van der Waals surface area (Å²) in [4.78, 5) is 30.8. The van der Waals surface area contributed by atoms with E-state index in [1.165, 1.54) is 68.1 Å². The maximum absolute atomic E-state index is 10.3. The standard InChI is InChI=1S/C25H46O3P/c1-8-10-12-14-16-18(3)23-20(5)24(19(4)17-15-13-11-9-2)22(7)25(21(23)6)29(26,27)28/h18-19,26-28H,8-17H2,1-7H3/q+1. The molecule has 0 amide bonds. The number of hydrogen-bond acceptors (Lipinski definition) is 3. The molecule has 2 unspecified atom stereocenters. The van der Waals surface area contributed by atoms with Gasteiger partial charge < -0.3 is 0 Å². The van der Waals surface area contributed by atoms with Crippen LogP contribution in [0.1, 0.15) is 132 Å². The lowest BCUT2D eigenvalue weighted by molar-refractivity contribution is 0.346. The Morgan fingerprint density at radius 3 is 1.31 bits per heavy atom. The zero-order chi connectivity index (χ0) is 22.2. The SMILES string of the molecule is CCCCCCC(C)c1c(C)c(C(C)CCCCCC)c(C)c([P+](O)(O)O)c1C. The zero-order valence-electron chi connectivity index (χ0n) is 20.0. The van der Waals surface area contributed by atoms with Crippen LogP contribution in [0.2, 0.25) is 0 Å². The van der Waals surface area contributed by atoms with Crippen molar-refractivity contribution >= 4 is 13.2 Å². The van der Waals surface area contributed by atoms with E-state index in [9.17, 15) is 14.7 Å². The van der Waals surface area contributed by atoms with Crippen molar-refractivity contribution in [2.24, 2.45) is 0 Å². The summed E-state index contributed by atoms with van der Waals surface area (Å²) < 4.78 is 0. The van der Waals surface area contributed by atoms with Crippen molar-refractivity contribution in [3.8, 4) is 0 Å². The summed E-state index contributed by atoms with van der Waals surface area (Å²) in [6, 6.07) is 0. The normalized spacial score (nSPS) is 14.3. The summed E-state index contributed by atoms with van der Waals surface area (Å²) >= 11 is 0. The number of unbranched alkanes of at least 4 members (excludes halogenated alkanes) is 6. The van der Waals surface area contributed by atoms with E-state index in [2.05, 4.69) is 34.6 Å². The van der Waals surface area contributed by atoms with E-state index in [-0.39, 0.29) is 0 Å². The van der Waals surface area contributed by atoms with E-state index in [1.807, 2.05) is 13.8 Å². The van der Waals surface area contributed by atoms with Gasteiger partial charge in [0, 0.05) is 11.1 Å². The Hall–Kier alpha value is -0.470. The summed E-state index contributed by atoms with van der Waals surface area (Å²) in [7, 11) is -4.07. The van der Waals surface area contributed by atoms with Crippen molar-refractivity contribution in [2.45, 2.75) is 125 Å². The molecule has 3 N–H and O–H groups in total. The van der Waals surface area contributed by atoms with E-state index in [4.69, 9.17) is 0 Å². The molecule has 4 heteroatoms. The Kier molecular flexibility index (Phi) is 11.4. The second-order valence-electron chi connectivity index (χ2n) is 9.12. The summed E-state index contributed by atoms with van der Waals surface area (Å²) in [5.41, 5.74) is 5.50. The minimum Gasteiger partial charge on any atom is -0.189 e. The summed E-state index contributed by atoms with van der Waals surface area (Å²) in [5.74, 6) is 0.701. The van der Waals surface area contributed by atoms with E-state index in [0.29, 0.717) is 17.1 Å². The summed E-state index contributed by atoms with van der Waals surface area (Å²) in [6.07, 6.45) is 12.1. The van der Waals surface area contributed by atoms with Gasteiger partial charge in [-0.2, -0.15) is 14.7 Å². The molecule has 0 aliphatic heterocycles. The maximum atomic E-state index is 10.3. The fraction of sp³-hybridized carbons (Fsp3) is 0.760. The molecule has 0 aromatic heterocycles. The van der Waals surface area contributed by atoms with Crippen molar-refractivity contribution in [3.63, 3.8) is 0 Å². The predicted molar refractivity (Wildman–Crippen MR) is 128 cm³/mol. The Balaban J connectivity index is 3.33. The molecule has 1 aromatic rings. The summed E-state index contributed by atoms with van der Waals surface area (Å²) in [6.45, 7) is 15.1. The van der Waals surface area contributed by atoms with Gasteiger partial charge in [0.05, 0.1) is 0 Å². The third-order valence-electron chi connectivity index (χ3n) is 6.59. The monoisotopic (exact) mass is 425 g/mol. The molecular formula is C25H46O3P+. The number of hydrogen-bond donors (Lipinski definition) is 3. The van der Waals surface area contributed by atoms with Crippen LogP contribution < -0.4 is 5.30 Å².